The Morgan fingerprint density at radius 2 is 2.00 bits per heavy atom. The van der Waals surface area contributed by atoms with Gasteiger partial charge in [0.2, 0.25) is 5.91 Å². The number of hydrogen-bond donors (Lipinski definition) is 2. The fraction of sp³-hybridized carbons (Fsp3) is 0.500. The van der Waals surface area contributed by atoms with E-state index in [0.717, 1.165) is 6.42 Å². The van der Waals surface area contributed by atoms with Crippen molar-refractivity contribution >= 4 is 5.91 Å². The van der Waals surface area contributed by atoms with E-state index >= 15 is 0 Å². The molecule has 0 aromatic heterocycles. The van der Waals surface area contributed by atoms with E-state index in [9.17, 15) is 4.79 Å². The number of aryl methyl sites for hydroxylation is 1. The van der Waals surface area contributed by atoms with Crippen LogP contribution >= 0.6 is 0 Å². The SMILES string of the molecule is CCc1ccccc1CNC(=O)CCC(C)O. The summed E-state index contributed by atoms with van der Waals surface area (Å²) in [6.07, 6.45) is 1.45. The highest BCUT2D eigenvalue weighted by molar-refractivity contribution is 5.75. The maximum Gasteiger partial charge on any atom is 0.220 e. The second-order valence-corrected chi connectivity index (χ2v) is 4.29. The number of hydrogen-bond acceptors (Lipinski definition) is 2. The van der Waals surface area contributed by atoms with Gasteiger partial charge in [0.25, 0.3) is 0 Å². The Morgan fingerprint density at radius 1 is 1.35 bits per heavy atom. The molecule has 0 heterocycles. The lowest BCUT2D eigenvalue weighted by atomic mass is 10.1. The first kappa shape index (κ1) is 13.7. The third-order valence-corrected chi connectivity index (χ3v) is 2.76. The Morgan fingerprint density at radius 3 is 2.59 bits per heavy atom. The molecule has 1 aromatic carbocycles. The minimum absolute atomic E-state index is 0.00296. The van der Waals surface area contributed by atoms with Crippen LogP contribution in [0.2, 0.25) is 0 Å². The van der Waals surface area contributed by atoms with E-state index in [-0.39, 0.29) is 5.91 Å². The molecule has 1 unspecified atom stereocenters. The normalized spacial score (nSPS) is 12.2. The summed E-state index contributed by atoms with van der Waals surface area (Å²) >= 11 is 0. The fourth-order valence-corrected chi connectivity index (χ4v) is 1.70. The van der Waals surface area contributed by atoms with Crippen LogP contribution in [-0.4, -0.2) is 17.1 Å². The van der Waals surface area contributed by atoms with E-state index in [1.165, 1.54) is 11.1 Å². The number of nitrogens with one attached hydrogen (secondary N) is 1. The summed E-state index contributed by atoms with van der Waals surface area (Å²) in [6, 6.07) is 8.11. The lowest BCUT2D eigenvalue weighted by Gasteiger charge is -2.09. The number of benzene rings is 1. The van der Waals surface area contributed by atoms with Crippen LogP contribution < -0.4 is 5.32 Å². The maximum atomic E-state index is 11.5. The standard InChI is InChI=1S/C14H21NO2/c1-3-12-6-4-5-7-13(12)10-15-14(17)9-8-11(2)16/h4-7,11,16H,3,8-10H2,1-2H3,(H,15,17). The third kappa shape index (κ3) is 5.00. The van der Waals surface area contributed by atoms with E-state index in [0.29, 0.717) is 19.4 Å². The summed E-state index contributed by atoms with van der Waals surface area (Å²) in [7, 11) is 0. The van der Waals surface area contributed by atoms with Crippen LogP contribution in [0.15, 0.2) is 24.3 Å². The van der Waals surface area contributed by atoms with Crippen molar-refractivity contribution in [2.75, 3.05) is 0 Å². The Labute approximate surface area is 103 Å². The van der Waals surface area contributed by atoms with Gasteiger partial charge in [-0.2, -0.15) is 0 Å². The molecule has 1 rings (SSSR count). The van der Waals surface area contributed by atoms with Crippen molar-refractivity contribution in [2.45, 2.75) is 45.8 Å². The first-order valence-corrected chi connectivity index (χ1v) is 6.15. The van der Waals surface area contributed by atoms with Crippen LogP contribution in [0.4, 0.5) is 0 Å². The molecule has 2 N–H and O–H groups in total. The zero-order valence-corrected chi connectivity index (χ0v) is 10.6. The van der Waals surface area contributed by atoms with Gasteiger partial charge in [-0.05, 0) is 30.9 Å². The molecule has 3 heteroatoms. The molecule has 1 atom stereocenters. The van der Waals surface area contributed by atoms with Crippen molar-refractivity contribution in [3.05, 3.63) is 35.4 Å². The summed E-state index contributed by atoms with van der Waals surface area (Å²) in [5.41, 5.74) is 2.43. The zero-order chi connectivity index (χ0) is 12.7. The first-order valence-electron chi connectivity index (χ1n) is 6.15. The van der Waals surface area contributed by atoms with Gasteiger partial charge in [-0.15, -0.1) is 0 Å². The predicted octanol–water partition coefficient (Wildman–Crippen LogP) is 2.03. The Kier molecular flexibility index (Phi) is 5.70. The minimum Gasteiger partial charge on any atom is -0.393 e. The van der Waals surface area contributed by atoms with E-state index in [2.05, 4.69) is 18.3 Å². The molecular weight excluding hydrogens is 214 g/mol. The highest BCUT2D eigenvalue weighted by Gasteiger charge is 2.05. The number of rotatable bonds is 6. The lowest BCUT2D eigenvalue weighted by molar-refractivity contribution is -0.121. The molecule has 1 amide bonds. The molecule has 3 nitrogen and oxygen atoms in total. The highest BCUT2D eigenvalue weighted by atomic mass is 16.3. The van der Waals surface area contributed by atoms with Crippen LogP contribution in [0.5, 0.6) is 0 Å². The molecule has 0 radical (unpaired) electrons. The second kappa shape index (κ2) is 7.07. The smallest absolute Gasteiger partial charge is 0.220 e. The monoisotopic (exact) mass is 235 g/mol. The van der Waals surface area contributed by atoms with Crippen LogP contribution in [0, 0.1) is 0 Å². The van der Waals surface area contributed by atoms with Gasteiger partial charge in [-0.1, -0.05) is 31.2 Å². The van der Waals surface area contributed by atoms with Gasteiger partial charge < -0.3 is 10.4 Å². The molecule has 17 heavy (non-hydrogen) atoms. The first-order chi connectivity index (χ1) is 8.13. The molecule has 0 aliphatic heterocycles. The average Bonchev–Trinajstić information content (AvgIpc) is 2.34. The molecule has 0 spiro atoms. The Bertz CT molecular complexity index is 361. The predicted molar refractivity (Wildman–Crippen MR) is 68.6 cm³/mol. The van der Waals surface area contributed by atoms with Gasteiger partial charge in [0.05, 0.1) is 6.10 Å². The number of aliphatic hydroxyl groups is 1. The van der Waals surface area contributed by atoms with Crippen LogP contribution in [0.25, 0.3) is 0 Å². The molecule has 0 fully saturated rings. The van der Waals surface area contributed by atoms with Crippen molar-refractivity contribution < 1.29 is 9.90 Å². The van der Waals surface area contributed by atoms with Crippen molar-refractivity contribution in [2.24, 2.45) is 0 Å². The van der Waals surface area contributed by atoms with Crippen LogP contribution in [0.1, 0.15) is 37.8 Å². The van der Waals surface area contributed by atoms with Crippen molar-refractivity contribution in [1.82, 2.24) is 5.32 Å². The number of amides is 1. The lowest BCUT2D eigenvalue weighted by Crippen LogP contribution is -2.24. The van der Waals surface area contributed by atoms with Gasteiger partial charge in [0.15, 0.2) is 0 Å². The van der Waals surface area contributed by atoms with Crippen LogP contribution in [-0.2, 0) is 17.8 Å². The molecule has 0 bridgehead atoms. The highest BCUT2D eigenvalue weighted by Crippen LogP contribution is 2.09. The van der Waals surface area contributed by atoms with E-state index in [1.807, 2.05) is 18.2 Å². The quantitative estimate of drug-likeness (QED) is 0.792. The fourth-order valence-electron chi connectivity index (χ4n) is 1.70. The second-order valence-electron chi connectivity index (χ2n) is 4.29. The summed E-state index contributed by atoms with van der Waals surface area (Å²) in [6.45, 7) is 4.37. The molecule has 0 saturated carbocycles. The Hall–Kier alpha value is -1.35. The number of carbonyl (C=O) groups excluding carboxylic acids is 1. The van der Waals surface area contributed by atoms with Gasteiger partial charge in [0, 0.05) is 13.0 Å². The topological polar surface area (TPSA) is 49.3 Å². The van der Waals surface area contributed by atoms with Crippen molar-refractivity contribution in [3.8, 4) is 0 Å². The zero-order valence-electron chi connectivity index (χ0n) is 10.6. The largest absolute Gasteiger partial charge is 0.393 e. The van der Waals surface area contributed by atoms with E-state index in [4.69, 9.17) is 5.11 Å². The summed E-state index contributed by atoms with van der Waals surface area (Å²) in [5.74, 6) is -0.00296. The van der Waals surface area contributed by atoms with Gasteiger partial charge in [0.1, 0.15) is 0 Å². The maximum absolute atomic E-state index is 11.5. The molecule has 94 valence electrons. The molecule has 0 aliphatic rings. The van der Waals surface area contributed by atoms with Crippen molar-refractivity contribution in [3.63, 3.8) is 0 Å². The average molecular weight is 235 g/mol. The Balaban J connectivity index is 2.42. The summed E-state index contributed by atoms with van der Waals surface area (Å²) in [5, 5.41) is 12.0. The van der Waals surface area contributed by atoms with E-state index < -0.39 is 6.10 Å². The number of carbonyl (C=O) groups is 1. The summed E-state index contributed by atoms with van der Waals surface area (Å²) < 4.78 is 0. The van der Waals surface area contributed by atoms with Gasteiger partial charge >= 0.3 is 0 Å². The summed E-state index contributed by atoms with van der Waals surface area (Å²) in [4.78, 5) is 11.5. The molecule has 1 aromatic rings. The third-order valence-electron chi connectivity index (χ3n) is 2.76. The van der Waals surface area contributed by atoms with Crippen molar-refractivity contribution in [1.29, 1.82) is 0 Å². The molecular formula is C14H21NO2. The number of aliphatic hydroxyl groups excluding tert-OH is 1. The molecule has 0 saturated heterocycles. The van der Waals surface area contributed by atoms with Gasteiger partial charge in [-0.25, -0.2) is 0 Å². The minimum atomic E-state index is -0.413. The van der Waals surface area contributed by atoms with Gasteiger partial charge in [-0.3, -0.25) is 4.79 Å². The van der Waals surface area contributed by atoms with Crippen LogP contribution in [0.3, 0.4) is 0 Å². The molecule has 0 aliphatic carbocycles. The van der Waals surface area contributed by atoms with E-state index in [1.54, 1.807) is 6.92 Å².